The molecule has 0 aliphatic heterocycles. The summed E-state index contributed by atoms with van der Waals surface area (Å²) in [5, 5.41) is 0. The lowest BCUT2D eigenvalue weighted by molar-refractivity contribution is -0.134. The van der Waals surface area contributed by atoms with Crippen LogP contribution in [0.2, 0.25) is 0 Å². The molecular weight excluding hydrogens is 395 g/mol. The number of unbranched alkanes of at least 4 members (excludes halogenated alkanes) is 3. The van der Waals surface area contributed by atoms with E-state index >= 15 is 0 Å². The van der Waals surface area contributed by atoms with Gasteiger partial charge >= 0.3 is 11.9 Å². The van der Waals surface area contributed by atoms with Crippen molar-refractivity contribution in [2.45, 2.75) is 39.0 Å². The highest BCUT2D eigenvalue weighted by atomic mass is 19.1. The van der Waals surface area contributed by atoms with Crippen molar-refractivity contribution in [1.29, 1.82) is 0 Å². The fourth-order valence-electron chi connectivity index (χ4n) is 3.06. The summed E-state index contributed by atoms with van der Waals surface area (Å²) < 4.78 is 23.7. The third-order valence-electron chi connectivity index (χ3n) is 4.80. The first-order valence-electron chi connectivity index (χ1n) is 10.4. The van der Waals surface area contributed by atoms with E-state index in [-0.39, 0.29) is 11.8 Å². The van der Waals surface area contributed by atoms with E-state index in [0.29, 0.717) is 23.5 Å². The van der Waals surface area contributed by atoms with Crippen LogP contribution in [0.3, 0.4) is 0 Å². The third kappa shape index (κ3) is 6.78. The summed E-state index contributed by atoms with van der Waals surface area (Å²) >= 11 is 0. The average Bonchev–Trinajstić information content (AvgIpc) is 2.79. The lowest BCUT2D eigenvalue weighted by atomic mass is 10.0. The van der Waals surface area contributed by atoms with E-state index in [4.69, 9.17) is 9.47 Å². The minimum Gasteiger partial charge on any atom is -0.427 e. The highest BCUT2D eigenvalue weighted by Crippen LogP contribution is 2.22. The zero-order valence-corrected chi connectivity index (χ0v) is 17.5. The predicted octanol–water partition coefficient (Wildman–Crippen LogP) is 6.59. The molecule has 0 aromatic heterocycles. The Bertz CT molecular complexity index is 993. The molecule has 3 aromatic carbocycles. The first-order valence-corrected chi connectivity index (χ1v) is 10.4. The maximum atomic E-state index is 13.1. The molecule has 0 unspecified atom stereocenters. The molecule has 0 atom stereocenters. The van der Waals surface area contributed by atoms with Gasteiger partial charge in [0.1, 0.15) is 17.3 Å². The first-order chi connectivity index (χ1) is 15.0. The van der Waals surface area contributed by atoms with E-state index in [1.54, 1.807) is 60.7 Å². The Morgan fingerprint density at radius 3 is 1.84 bits per heavy atom. The molecule has 0 fully saturated rings. The number of rotatable bonds is 9. The summed E-state index contributed by atoms with van der Waals surface area (Å²) in [6, 6.07) is 19.4. The monoisotopic (exact) mass is 420 g/mol. The van der Waals surface area contributed by atoms with Gasteiger partial charge in [-0.15, -0.1) is 0 Å². The maximum Gasteiger partial charge on any atom is 0.343 e. The van der Waals surface area contributed by atoms with Crippen LogP contribution < -0.4 is 9.47 Å². The highest BCUT2D eigenvalue weighted by molar-refractivity contribution is 5.91. The smallest absolute Gasteiger partial charge is 0.343 e. The number of hydrogen-bond donors (Lipinski definition) is 0. The van der Waals surface area contributed by atoms with Gasteiger partial charge in [0.15, 0.2) is 0 Å². The van der Waals surface area contributed by atoms with Gasteiger partial charge in [0.05, 0.1) is 5.56 Å². The van der Waals surface area contributed by atoms with Crippen molar-refractivity contribution < 1.29 is 23.5 Å². The van der Waals surface area contributed by atoms with Gasteiger partial charge in [-0.05, 0) is 66.1 Å². The van der Waals surface area contributed by atoms with E-state index in [9.17, 15) is 14.0 Å². The maximum absolute atomic E-state index is 13.1. The molecule has 3 rings (SSSR count). The van der Waals surface area contributed by atoms with E-state index in [1.807, 2.05) is 0 Å². The second kappa shape index (κ2) is 11.1. The Hall–Kier alpha value is -3.47. The second-order valence-corrected chi connectivity index (χ2v) is 7.23. The molecule has 0 saturated heterocycles. The lowest BCUT2D eigenvalue weighted by Gasteiger charge is -2.08. The normalized spacial score (nSPS) is 10.5. The fourth-order valence-corrected chi connectivity index (χ4v) is 3.06. The van der Waals surface area contributed by atoms with Crippen LogP contribution in [-0.2, 0) is 4.79 Å². The van der Waals surface area contributed by atoms with Crippen molar-refractivity contribution in [2.24, 2.45) is 0 Å². The molecule has 31 heavy (non-hydrogen) atoms. The summed E-state index contributed by atoms with van der Waals surface area (Å²) in [4.78, 5) is 24.2. The van der Waals surface area contributed by atoms with Crippen molar-refractivity contribution in [3.8, 4) is 22.6 Å². The van der Waals surface area contributed by atoms with Crippen molar-refractivity contribution >= 4 is 11.9 Å². The number of ether oxygens (including phenoxy) is 2. The van der Waals surface area contributed by atoms with Gasteiger partial charge in [-0.2, -0.15) is 0 Å². The molecule has 0 radical (unpaired) electrons. The molecule has 0 aliphatic carbocycles. The molecule has 4 nitrogen and oxygen atoms in total. The number of benzene rings is 3. The number of esters is 2. The summed E-state index contributed by atoms with van der Waals surface area (Å²) in [5.41, 5.74) is 2.13. The van der Waals surface area contributed by atoms with Crippen molar-refractivity contribution in [2.75, 3.05) is 0 Å². The quantitative estimate of drug-likeness (QED) is 0.223. The molecule has 5 heteroatoms. The summed E-state index contributed by atoms with van der Waals surface area (Å²) in [7, 11) is 0. The highest BCUT2D eigenvalue weighted by Gasteiger charge is 2.10. The van der Waals surface area contributed by atoms with Crippen LogP contribution >= 0.6 is 0 Å². The molecule has 3 aromatic rings. The van der Waals surface area contributed by atoms with Gasteiger partial charge < -0.3 is 9.47 Å². The summed E-state index contributed by atoms with van der Waals surface area (Å²) in [5.74, 6) is -0.274. The Kier molecular flexibility index (Phi) is 7.93. The van der Waals surface area contributed by atoms with Crippen LogP contribution in [0.4, 0.5) is 4.39 Å². The Morgan fingerprint density at radius 2 is 1.26 bits per heavy atom. The van der Waals surface area contributed by atoms with Gasteiger partial charge in [0.2, 0.25) is 0 Å². The van der Waals surface area contributed by atoms with Crippen LogP contribution in [0.1, 0.15) is 49.4 Å². The second-order valence-electron chi connectivity index (χ2n) is 7.23. The number of hydrogen-bond acceptors (Lipinski definition) is 4. The topological polar surface area (TPSA) is 52.6 Å². The first kappa shape index (κ1) is 22.2. The van der Waals surface area contributed by atoms with Crippen LogP contribution in [-0.4, -0.2) is 11.9 Å². The zero-order valence-electron chi connectivity index (χ0n) is 17.5. The summed E-state index contributed by atoms with van der Waals surface area (Å²) in [6.45, 7) is 2.12. The number of carbonyl (C=O) groups excluding carboxylic acids is 2. The molecule has 0 heterocycles. The van der Waals surface area contributed by atoms with Gasteiger partial charge in [0, 0.05) is 6.42 Å². The van der Waals surface area contributed by atoms with Gasteiger partial charge in [-0.1, -0.05) is 50.5 Å². The third-order valence-corrected chi connectivity index (χ3v) is 4.80. The van der Waals surface area contributed by atoms with E-state index < -0.39 is 5.97 Å². The van der Waals surface area contributed by atoms with E-state index in [1.165, 1.54) is 12.1 Å². The largest absolute Gasteiger partial charge is 0.427 e. The molecular formula is C26H25FO4. The molecule has 0 saturated carbocycles. The van der Waals surface area contributed by atoms with Gasteiger partial charge in [-0.3, -0.25) is 4.79 Å². The molecule has 0 aliphatic rings. The SMILES string of the molecule is CCCCCCC(=O)Oc1ccc(OC(=O)c2ccc(-c3ccc(F)cc3)cc2)cc1. The Balaban J connectivity index is 1.53. The summed E-state index contributed by atoms with van der Waals surface area (Å²) in [6.07, 6.45) is 4.47. The van der Waals surface area contributed by atoms with Crippen molar-refractivity contribution in [3.05, 3.63) is 84.2 Å². The van der Waals surface area contributed by atoms with E-state index in [2.05, 4.69) is 6.92 Å². The number of halogens is 1. The average molecular weight is 420 g/mol. The van der Waals surface area contributed by atoms with Crippen LogP contribution in [0.15, 0.2) is 72.8 Å². The van der Waals surface area contributed by atoms with Crippen LogP contribution in [0.25, 0.3) is 11.1 Å². The zero-order chi connectivity index (χ0) is 22.1. The standard InChI is InChI=1S/C26H25FO4/c1-2-3-4-5-6-25(28)30-23-15-17-24(18-16-23)31-26(29)21-9-7-19(8-10-21)20-11-13-22(27)14-12-20/h7-18H,2-6H2,1H3. The van der Waals surface area contributed by atoms with Crippen LogP contribution in [0, 0.1) is 5.82 Å². The van der Waals surface area contributed by atoms with E-state index in [0.717, 1.165) is 36.8 Å². The van der Waals surface area contributed by atoms with Crippen molar-refractivity contribution in [3.63, 3.8) is 0 Å². The van der Waals surface area contributed by atoms with Gasteiger partial charge in [-0.25, -0.2) is 9.18 Å². The fraction of sp³-hybridized carbons (Fsp3) is 0.231. The molecule has 0 spiro atoms. The minimum absolute atomic E-state index is 0.262. The predicted molar refractivity (Wildman–Crippen MR) is 118 cm³/mol. The lowest BCUT2D eigenvalue weighted by Crippen LogP contribution is -2.09. The molecule has 0 N–H and O–H groups in total. The molecule has 0 bridgehead atoms. The number of carbonyl (C=O) groups is 2. The molecule has 160 valence electrons. The van der Waals surface area contributed by atoms with Crippen LogP contribution in [0.5, 0.6) is 11.5 Å². The Morgan fingerprint density at radius 1 is 0.710 bits per heavy atom. The van der Waals surface area contributed by atoms with Gasteiger partial charge in [0.25, 0.3) is 0 Å². The minimum atomic E-state index is -0.494. The van der Waals surface area contributed by atoms with Crippen molar-refractivity contribution in [1.82, 2.24) is 0 Å². The molecule has 0 amide bonds. The Labute approximate surface area is 181 Å².